The van der Waals surface area contributed by atoms with Gasteiger partial charge < -0.3 is 4.74 Å². The number of thioether (sulfide) groups is 1. The first kappa shape index (κ1) is 17.8. The molecule has 0 saturated carbocycles. The van der Waals surface area contributed by atoms with E-state index in [2.05, 4.69) is 12.1 Å². The molecule has 0 aliphatic heterocycles. The number of rotatable bonds is 9. The summed E-state index contributed by atoms with van der Waals surface area (Å²) < 4.78 is 4.73. The molecule has 1 rings (SSSR count). The normalized spacial score (nSPS) is 12.7. The van der Waals surface area contributed by atoms with Crippen molar-refractivity contribution in [1.82, 2.24) is 0 Å². The number of Topliss-reactive ketones (excluding diaryl/α,β-unsaturated/α-hetero) is 1. The fourth-order valence-corrected chi connectivity index (χ4v) is 3.07. The Hall–Kier alpha value is -1.29. The third-order valence-electron chi connectivity index (χ3n) is 3.15. The fraction of sp³-hybridized carbons (Fsp3) is 0.529. The third kappa shape index (κ3) is 7.32. The summed E-state index contributed by atoms with van der Waals surface area (Å²) in [6.07, 6.45) is 2.18. The van der Waals surface area contributed by atoms with Crippen LogP contribution in [0.2, 0.25) is 0 Å². The molecule has 0 aromatic heterocycles. The van der Waals surface area contributed by atoms with E-state index >= 15 is 0 Å². The third-order valence-corrected chi connectivity index (χ3v) is 4.43. The highest BCUT2D eigenvalue weighted by molar-refractivity contribution is 8.00. The second-order valence-corrected chi connectivity index (χ2v) is 7.41. The summed E-state index contributed by atoms with van der Waals surface area (Å²) >= 11 is 1.73. The van der Waals surface area contributed by atoms with Gasteiger partial charge in [0, 0.05) is 22.0 Å². The van der Waals surface area contributed by atoms with Crippen LogP contribution in [-0.2, 0) is 14.3 Å². The molecular formula is C17H24O3S. The lowest BCUT2D eigenvalue weighted by atomic mass is 9.87. The summed E-state index contributed by atoms with van der Waals surface area (Å²) in [7, 11) is 0. The van der Waals surface area contributed by atoms with Crippen molar-refractivity contribution in [3.8, 4) is 0 Å². The Morgan fingerprint density at radius 1 is 1.29 bits per heavy atom. The summed E-state index contributed by atoms with van der Waals surface area (Å²) in [6, 6.07) is 10.1. The molecule has 0 N–H and O–H groups in total. The first-order valence-corrected chi connectivity index (χ1v) is 8.11. The van der Waals surface area contributed by atoms with Crippen molar-refractivity contribution in [2.75, 3.05) is 6.61 Å². The lowest BCUT2D eigenvalue weighted by Crippen LogP contribution is -2.24. The van der Waals surface area contributed by atoms with Crippen molar-refractivity contribution < 1.29 is 14.3 Å². The van der Waals surface area contributed by atoms with E-state index in [1.807, 2.05) is 39.0 Å². The molecule has 0 aliphatic rings. The molecule has 0 spiro atoms. The van der Waals surface area contributed by atoms with Crippen LogP contribution in [0.3, 0.4) is 0 Å². The van der Waals surface area contributed by atoms with Gasteiger partial charge in [-0.05, 0) is 25.0 Å². The van der Waals surface area contributed by atoms with Gasteiger partial charge in [-0.15, -0.1) is 11.8 Å². The molecule has 0 aliphatic carbocycles. The highest BCUT2D eigenvalue weighted by atomic mass is 32.2. The smallest absolute Gasteiger partial charge is 0.293 e. The quantitative estimate of drug-likeness (QED) is 0.391. The van der Waals surface area contributed by atoms with Gasteiger partial charge in [-0.25, -0.2) is 0 Å². The highest BCUT2D eigenvalue weighted by Gasteiger charge is 2.25. The molecule has 0 radical (unpaired) electrons. The summed E-state index contributed by atoms with van der Waals surface area (Å²) in [5.74, 6) is 0.271. The molecular weight excluding hydrogens is 284 g/mol. The predicted molar refractivity (Wildman–Crippen MR) is 86.4 cm³/mol. The maximum Gasteiger partial charge on any atom is 0.293 e. The van der Waals surface area contributed by atoms with Crippen LogP contribution in [0.5, 0.6) is 0 Å². The molecule has 1 atom stereocenters. The van der Waals surface area contributed by atoms with Gasteiger partial charge in [-0.3, -0.25) is 9.59 Å². The number of benzene rings is 1. The molecule has 4 heteroatoms. The van der Waals surface area contributed by atoms with E-state index in [1.54, 1.807) is 11.8 Å². The first-order chi connectivity index (χ1) is 9.93. The number of ether oxygens (including phenoxy) is 1. The van der Waals surface area contributed by atoms with Crippen molar-refractivity contribution in [3.05, 3.63) is 30.3 Å². The zero-order valence-electron chi connectivity index (χ0n) is 13.0. The minimum atomic E-state index is -0.311. The summed E-state index contributed by atoms with van der Waals surface area (Å²) in [6.45, 7) is 6.75. The van der Waals surface area contributed by atoms with Crippen molar-refractivity contribution in [1.29, 1.82) is 0 Å². The lowest BCUT2D eigenvalue weighted by Gasteiger charge is -2.22. The Balaban J connectivity index is 2.61. The number of ketones is 1. The van der Waals surface area contributed by atoms with E-state index in [1.165, 1.54) is 4.90 Å². The number of carbonyl (C=O) groups is 2. The molecule has 0 saturated heterocycles. The van der Waals surface area contributed by atoms with Gasteiger partial charge in [0.25, 0.3) is 6.47 Å². The van der Waals surface area contributed by atoms with Crippen LogP contribution in [0.15, 0.2) is 35.2 Å². The molecule has 21 heavy (non-hydrogen) atoms. The van der Waals surface area contributed by atoms with Crippen LogP contribution in [0.4, 0.5) is 0 Å². The summed E-state index contributed by atoms with van der Waals surface area (Å²) in [5, 5.41) is 0.217. The maximum absolute atomic E-state index is 12.3. The van der Waals surface area contributed by atoms with Crippen LogP contribution in [0.1, 0.15) is 40.0 Å². The SMILES string of the molecule is CC(C)(C)C(=O)CC(CCCOC=O)Sc1ccccc1. The Morgan fingerprint density at radius 2 is 1.95 bits per heavy atom. The minimum Gasteiger partial charge on any atom is -0.468 e. The van der Waals surface area contributed by atoms with Crippen LogP contribution in [0.25, 0.3) is 0 Å². The number of hydrogen-bond donors (Lipinski definition) is 0. The molecule has 3 nitrogen and oxygen atoms in total. The van der Waals surface area contributed by atoms with Gasteiger partial charge in [0.05, 0.1) is 6.61 Å². The van der Waals surface area contributed by atoms with Gasteiger partial charge in [0.1, 0.15) is 5.78 Å². The van der Waals surface area contributed by atoms with Gasteiger partial charge >= 0.3 is 0 Å². The summed E-state index contributed by atoms with van der Waals surface area (Å²) in [4.78, 5) is 23.6. The fourth-order valence-electron chi connectivity index (χ4n) is 1.85. The second kappa shape index (κ2) is 8.88. The van der Waals surface area contributed by atoms with Gasteiger partial charge in [0.2, 0.25) is 0 Å². The van der Waals surface area contributed by atoms with Gasteiger partial charge in [-0.2, -0.15) is 0 Å². The number of carbonyl (C=O) groups excluding carboxylic acids is 2. The molecule has 1 unspecified atom stereocenters. The molecule has 0 amide bonds. The van der Waals surface area contributed by atoms with Crippen LogP contribution < -0.4 is 0 Å². The van der Waals surface area contributed by atoms with Crippen molar-refractivity contribution in [2.24, 2.45) is 5.41 Å². The Morgan fingerprint density at radius 3 is 2.52 bits per heavy atom. The molecule has 0 heterocycles. The highest BCUT2D eigenvalue weighted by Crippen LogP contribution is 2.31. The van der Waals surface area contributed by atoms with E-state index in [4.69, 9.17) is 4.74 Å². The van der Waals surface area contributed by atoms with E-state index in [0.29, 0.717) is 19.5 Å². The Bertz CT molecular complexity index is 437. The lowest BCUT2D eigenvalue weighted by molar-refractivity contribution is -0.129. The second-order valence-electron chi connectivity index (χ2n) is 6.04. The minimum absolute atomic E-state index is 0.217. The van der Waals surface area contributed by atoms with Gasteiger partial charge in [0.15, 0.2) is 0 Å². The van der Waals surface area contributed by atoms with Gasteiger partial charge in [-0.1, -0.05) is 39.0 Å². The monoisotopic (exact) mass is 308 g/mol. The van der Waals surface area contributed by atoms with E-state index in [0.717, 1.165) is 12.8 Å². The average Bonchev–Trinajstić information content (AvgIpc) is 2.43. The predicted octanol–water partition coefficient (Wildman–Crippen LogP) is 4.11. The zero-order valence-corrected chi connectivity index (χ0v) is 13.8. The van der Waals surface area contributed by atoms with Crippen LogP contribution in [0, 0.1) is 5.41 Å². The first-order valence-electron chi connectivity index (χ1n) is 7.23. The summed E-state index contributed by atoms with van der Waals surface area (Å²) in [5.41, 5.74) is -0.311. The van der Waals surface area contributed by atoms with Crippen molar-refractivity contribution >= 4 is 24.0 Å². The topological polar surface area (TPSA) is 43.4 Å². The van der Waals surface area contributed by atoms with Crippen molar-refractivity contribution in [3.63, 3.8) is 0 Å². The molecule has 0 bridgehead atoms. The molecule has 0 fully saturated rings. The molecule has 1 aromatic rings. The molecule has 1 aromatic carbocycles. The number of hydrogen-bond acceptors (Lipinski definition) is 4. The van der Waals surface area contributed by atoms with Crippen LogP contribution >= 0.6 is 11.8 Å². The zero-order chi connectivity index (χ0) is 15.7. The van der Waals surface area contributed by atoms with E-state index in [9.17, 15) is 9.59 Å². The van der Waals surface area contributed by atoms with Crippen molar-refractivity contribution in [2.45, 2.75) is 50.2 Å². The van der Waals surface area contributed by atoms with Crippen LogP contribution in [-0.4, -0.2) is 24.1 Å². The van der Waals surface area contributed by atoms with E-state index < -0.39 is 0 Å². The van der Waals surface area contributed by atoms with E-state index in [-0.39, 0.29) is 16.4 Å². The standard InChI is InChI=1S/C17H24O3S/c1-17(2,3)16(19)12-15(10-7-11-20-13-18)21-14-8-5-4-6-9-14/h4-6,8-9,13,15H,7,10-12H2,1-3H3. The molecule has 116 valence electrons. The average molecular weight is 308 g/mol. The Labute approximate surface area is 131 Å². The maximum atomic E-state index is 12.3. The largest absolute Gasteiger partial charge is 0.468 e. The Kier molecular flexibility index (Phi) is 7.51.